The van der Waals surface area contributed by atoms with Gasteiger partial charge in [-0.3, -0.25) is 15.2 Å². The zero-order chi connectivity index (χ0) is 16.9. The molecular weight excluding hydrogens is 375 g/mol. The highest BCUT2D eigenvalue weighted by molar-refractivity contribution is 9.10. The van der Waals surface area contributed by atoms with Gasteiger partial charge in [0, 0.05) is 16.1 Å². The molecule has 5 nitrogen and oxygen atoms in total. The zero-order valence-corrected chi connectivity index (χ0v) is 13.9. The van der Waals surface area contributed by atoms with Crippen LogP contribution in [0, 0.1) is 5.82 Å². The van der Waals surface area contributed by atoms with Crippen LogP contribution in [0.1, 0.15) is 5.56 Å². The maximum atomic E-state index is 12.8. The number of benzene rings is 2. The molecule has 120 valence electrons. The third kappa shape index (κ3) is 4.14. The Hall–Kier alpha value is -2.80. The van der Waals surface area contributed by atoms with Crippen LogP contribution in [0.25, 0.3) is 17.5 Å². The monoisotopic (exact) mass is 386 g/mol. The molecule has 0 aliphatic heterocycles. The van der Waals surface area contributed by atoms with Gasteiger partial charge in [-0.25, -0.2) is 4.39 Å². The Labute approximate surface area is 145 Å². The van der Waals surface area contributed by atoms with Gasteiger partial charge in [-0.05, 0) is 35.9 Å². The highest BCUT2D eigenvalue weighted by Crippen LogP contribution is 2.20. The van der Waals surface area contributed by atoms with E-state index in [9.17, 15) is 9.18 Å². The van der Waals surface area contributed by atoms with Gasteiger partial charge in [0.25, 0.3) is 5.91 Å². The lowest BCUT2D eigenvalue weighted by Crippen LogP contribution is -2.09. The summed E-state index contributed by atoms with van der Waals surface area (Å²) in [6, 6.07) is 13.4. The molecule has 0 spiro atoms. The Kier molecular flexibility index (Phi) is 4.81. The number of hydrogen-bond donors (Lipinski definition) is 2. The number of rotatable bonds is 4. The normalized spacial score (nSPS) is 10.9. The standard InChI is InChI=1S/C17H12BrFN4O/c18-13-3-1-2-12(10-13)16-21-17(23-22-16)20-15(24)9-6-11-4-7-14(19)8-5-11/h1-10H,(H2,20,21,22,23,24)/b9-6+. The van der Waals surface area contributed by atoms with Crippen molar-refractivity contribution in [2.75, 3.05) is 5.32 Å². The molecule has 1 amide bonds. The van der Waals surface area contributed by atoms with Crippen LogP contribution >= 0.6 is 15.9 Å². The Morgan fingerprint density at radius 1 is 1.21 bits per heavy atom. The molecule has 0 atom stereocenters. The van der Waals surface area contributed by atoms with Crippen molar-refractivity contribution in [2.45, 2.75) is 0 Å². The van der Waals surface area contributed by atoms with Crippen molar-refractivity contribution in [3.63, 3.8) is 0 Å². The third-order valence-corrected chi connectivity index (χ3v) is 3.61. The number of anilines is 1. The maximum Gasteiger partial charge on any atom is 0.250 e. The second kappa shape index (κ2) is 7.18. The Morgan fingerprint density at radius 2 is 2.00 bits per heavy atom. The van der Waals surface area contributed by atoms with Crippen molar-refractivity contribution in [3.8, 4) is 11.4 Å². The fraction of sp³-hybridized carbons (Fsp3) is 0. The van der Waals surface area contributed by atoms with Crippen molar-refractivity contribution >= 4 is 33.9 Å². The maximum absolute atomic E-state index is 12.8. The van der Waals surface area contributed by atoms with E-state index in [-0.39, 0.29) is 17.7 Å². The summed E-state index contributed by atoms with van der Waals surface area (Å²) in [5.41, 5.74) is 1.57. The van der Waals surface area contributed by atoms with Gasteiger partial charge in [0.15, 0.2) is 5.82 Å². The highest BCUT2D eigenvalue weighted by atomic mass is 79.9. The van der Waals surface area contributed by atoms with E-state index in [4.69, 9.17) is 0 Å². The summed E-state index contributed by atoms with van der Waals surface area (Å²) in [7, 11) is 0. The van der Waals surface area contributed by atoms with Gasteiger partial charge in [0.2, 0.25) is 5.95 Å². The van der Waals surface area contributed by atoms with Gasteiger partial charge in [0.05, 0.1) is 0 Å². The smallest absolute Gasteiger partial charge is 0.250 e. The molecule has 24 heavy (non-hydrogen) atoms. The fourth-order valence-corrected chi connectivity index (χ4v) is 2.38. The fourth-order valence-electron chi connectivity index (χ4n) is 1.98. The van der Waals surface area contributed by atoms with Crippen LogP contribution in [0.15, 0.2) is 59.1 Å². The second-order valence-corrected chi connectivity index (χ2v) is 5.81. The number of hydrogen-bond acceptors (Lipinski definition) is 3. The largest absolute Gasteiger partial charge is 0.290 e. The van der Waals surface area contributed by atoms with Gasteiger partial charge in [-0.1, -0.05) is 40.2 Å². The van der Waals surface area contributed by atoms with E-state index in [0.29, 0.717) is 5.82 Å². The van der Waals surface area contributed by atoms with Crippen LogP contribution in [-0.4, -0.2) is 21.1 Å². The number of nitrogens with one attached hydrogen (secondary N) is 2. The zero-order valence-electron chi connectivity index (χ0n) is 12.3. The van der Waals surface area contributed by atoms with Crippen LogP contribution in [0.4, 0.5) is 10.3 Å². The summed E-state index contributed by atoms with van der Waals surface area (Å²) in [6.07, 6.45) is 2.92. The number of carbonyl (C=O) groups is 1. The first-order valence-electron chi connectivity index (χ1n) is 7.03. The van der Waals surface area contributed by atoms with Crippen LogP contribution in [0.3, 0.4) is 0 Å². The quantitative estimate of drug-likeness (QED) is 0.665. The molecule has 0 bridgehead atoms. The minimum atomic E-state index is -0.376. The Morgan fingerprint density at radius 3 is 2.75 bits per heavy atom. The third-order valence-electron chi connectivity index (χ3n) is 3.12. The number of halogens is 2. The highest BCUT2D eigenvalue weighted by Gasteiger charge is 2.07. The van der Waals surface area contributed by atoms with E-state index in [1.807, 2.05) is 24.3 Å². The van der Waals surface area contributed by atoms with E-state index in [1.165, 1.54) is 18.2 Å². The van der Waals surface area contributed by atoms with Crippen LogP contribution in [0.2, 0.25) is 0 Å². The van der Waals surface area contributed by atoms with Crippen molar-refractivity contribution in [1.82, 2.24) is 15.2 Å². The van der Waals surface area contributed by atoms with Crippen molar-refractivity contribution in [2.24, 2.45) is 0 Å². The number of H-pyrrole nitrogens is 1. The Bertz CT molecular complexity index is 890. The van der Waals surface area contributed by atoms with E-state index in [0.717, 1.165) is 15.6 Å². The molecule has 0 aliphatic carbocycles. The van der Waals surface area contributed by atoms with Gasteiger partial charge in [-0.2, -0.15) is 4.98 Å². The van der Waals surface area contributed by atoms with Gasteiger partial charge in [0.1, 0.15) is 5.82 Å². The minimum Gasteiger partial charge on any atom is -0.290 e. The molecular formula is C17H12BrFN4O. The molecule has 0 unspecified atom stereocenters. The topological polar surface area (TPSA) is 70.7 Å². The molecule has 3 rings (SSSR count). The summed E-state index contributed by atoms with van der Waals surface area (Å²) < 4.78 is 13.7. The van der Waals surface area contributed by atoms with Crippen molar-refractivity contribution in [3.05, 3.63) is 70.5 Å². The van der Waals surface area contributed by atoms with E-state index in [2.05, 4.69) is 36.4 Å². The lowest BCUT2D eigenvalue weighted by molar-refractivity contribution is -0.111. The second-order valence-electron chi connectivity index (χ2n) is 4.89. The molecule has 0 saturated carbocycles. The molecule has 0 saturated heterocycles. The van der Waals surface area contributed by atoms with Gasteiger partial charge < -0.3 is 0 Å². The molecule has 1 aromatic heterocycles. The van der Waals surface area contributed by atoms with Crippen molar-refractivity contribution < 1.29 is 9.18 Å². The lowest BCUT2D eigenvalue weighted by Gasteiger charge is -1.97. The predicted octanol–water partition coefficient (Wildman–Crippen LogP) is 4.03. The first-order valence-corrected chi connectivity index (χ1v) is 7.82. The summed E-state index contributed by atoms with van der Waals surface area (Å²) in [5, 5.41) is 9.30. The predicted molar refractivity (Wildman–Crippen MR) is 93.6 cm³/mol. The summed E-state index contributed by atoms with van der Waals surface area (Å²) in [4.78, 5) is 16.1. The number of aromatic amines is 1. The molecule has 2 aromatic carbocycles. The molecule has 0 fully saturated rings. The molecule has 3 aromatic rings. The molecule has 7 heteroatoms. The first kappa shape index (κ1) is 16.1. The number of amides is 1. The van der Waals surface area contributed by atoms with Crippen LogP contribution in [0.5, 0.6) is 0 Å². The minimum absolute atomic E-state index is 0.179. The molecule has 0 aliphatic rings. The molecule has 2 N–H and O–H groups in total. The van der Waals surface area contributed by atoms with Crippen LogP contribution < -0.4 is 5.32 Å². The van der Waals surface area contributed by atoms with E-state index in [1.54, 1.807) is 18.2 Å². The van der Waals surface area contributed by atoms with Crippen molar-refractivity contribution in [1.29, 1.82) is 0 Å². The van der Waals surface area contributed by atoms with Crippen LogP contribution in [-0.2, 0) is 4.79 Å². The summed E-state index contributed by atoms with van der Waals surface area (Å²) in [6.45, 7) is 0. The SMILES string of the molecule is O=C(/C=C/c1ccc(F)cc1)Nc1n[nH]c(-c2cccc(Br)c2)n1. The number of carbonyl (C=O) groups excluding carboxylic acids is 1. The van der Waals surface area contributed by atoms with Gasteiger partial charge >= 0.3 is 0 Å². The molecule has 1 heterocycles. The number of nitrogens with zero attached hydrogens (tertiary/aromatic N) is 2. The summed E-state index contributed by atoms with van der Waals surface area (Å²) >= 11 is 3.39. The number of aromatic nitrogens is 3. The first-order chi connectivity index (χ1) is 11.6. The van der Waals surface area contributed by atoms with E-state index >= 15 is 0 Å². The molecule has 0 radical (unpaired) electrons. The van der Waals surface area contributed by atoms with E-state index < -0.39 is 0 Å². The average molecular weight is 387 g/mol. The van der Waals surface area contributed by atoms with Gasteiger partial charge in [-0.15, -0.1) is 5.10 Å². The summed E-state index contributed by atoms with van der Waals surface area (Å²) in [5.74, 6) is 0.0318. The lowest BCUT2D eigenvalue weighted by atomic mass is 10.2. The Balaban J connectivity index is 1.66. The average Bonchev–Trinajstić information content (AvgIpc) is 3.03.